The first-order valence-electron chi connectivity index (χ1n) is 4.85. The van der Waals surface area contributed by atoms with Crippen LogP contribution in [0.3, 0.4) is 0 Å². The minimum atomic E-state index is -0.602. The standard InChI is InChI=1S/C12H13BrN2O/c1-8-6-10(5-4-9(8)7-14)15-11(16)12(2,3)13/h4-6H,1-3H3,(H,15,16). The number of hydrogen-bond donors (Lipinski definition) is 1. The molecule has 84 valence electrons. The molecule has 4 heteroatoms. The number of alkyl halides is 1. The van der Waals surface area contributed by atoms with Crippen LogP contribution < -0.4 is 5.32 Å². The summed E-state index contributed by atoms with van der Waals surface area (Å²) in [5.41, 5.74) is 2.18. The molecule has 0 atom stereocenters. The van der Waals surface area contributed by atoms with Gasteiger partial charge in [0.15, 0.2) is 0 Å². The van der Waals surface area contributed by atoms with Crippen LogP contribution in [0.5, 0.6) is 0 Å². The quantitative estimate of drug-likeness (QED) is 0.847. The first-order chi connectivity index (χ1) is 7.34. The molecule has 0 unspecified atom stereocenters. The van der Waals surface area contributed by atoms with E-state index in [0.717, 1.165) is 5.56 Å². The molecule has 0 saturated heterocycles. The van der Waals surface area contributed by atoms with Gasteiger partial charge in [0.25, 0.3) is 0 Å². The smallest absolute Gasteiger partial charge is 0.240 e. The Labute approximate surface area is 104 Å². The molecular weight excluding hydrogens is 268 g/mol. The lowest BCUT2D eigenvalue weighted by molar-refractivity contribution is -0.117. The number of carbonyl (C=O) groups is 1. The van der Waals surface area contributed by atoms with E-state index in [1.165, 1.54) is 0 Å². The molecule has 1 aromatic rings. The highest BCUT2D eigenvalue weighted by Gasteiger charge is 2.23. The summed E-state index contributed by atoms with van der Waals surface area (Å²) in [7, 11) is 0. The third-order valence-electron chi connectivity index (χ3n) is 2.14. The van der Waals surface area contributed by atoms with Gasteiger partial charge in [0.05, 0.1) is 16.0 Å². The highest BCUT2D eigenvalue weighted by molar-refractivity contribution is 9.10. The molecule has 0 heterocycles. The first kappa shape index (κ1) is 12.7. The number of amides is 1. The Hall–Kier alpha value is -1.34. The van der Waals surface area contributed by atoms with Gasteiger partial charge in [0, 0.05) is 5.69 Å². The summed E-state index contributed by atoms with van der Waals surface area (Å²) in [6.45, 7) is 5.39. The van der Waals surface area contributed by atoms with Crippen LogP contribution in [0.1, 0.15) is 25.0 Å². The lowest BCUT2D eigenvalue weighted by Gasteiger charge is -2.16. The molecule has 0 bridgehead atoms. The molecule has 0 spiro atoms. The van der Waals surface area contributed by atoms with Crippen molar-refractivity contribution in [2.45, 2.75) is 25.1 Å². The average molecular weight is 281 g/mol. The van der Waals surface area contributed by atoms with Gasteiger partial charge in [-0.05, 0) is 44.5 Å². The Kier molecular flexibility index (Phi) is 3.71. The lowest BCUT2D eigenvalue weighted by atomic mass is 10.1. The van der Waals surface area contributed by atoms with Crippen LogP contribution in [0, 0.1) is 18.3 Å². The molecule has 1 N–H and O–H groups in total. The fourth-order valence-electron chi connectivity index (χ4n) is 1.15. The Balaban J connectivity index is 2.89. The molecule has 1 aromatic carbocycles. The van der Waals surface area contributed by atoms with Gasteiger partial charge < -0.3 is 5.32 Å². The summed E-state index contributed by atoms with van der Waals surface area (Å²) < 4.78 is -0.602. The molecule has 1 rings (SSSR count). The molecule has 16 heavy (non-hydrogen) atoms. The second-order valence-corrected chi connectivity index (χ2v) is 6.05. The molecule has 0 aromatic heterocycles. The molecule has 1 amide bonds. The van der Waals surface area contributed by atoms with E-state index in [-0.39, 0.29) is 5.91 Å². The van der Waals surface area contributed by atoms with Gasteiger partial charge in [-0.25, -0.2) is 0 Å². The Morgan fingerprint density at radius 1 is 1.50 bits per heavy atom. The molecule has 3 nitrogen and oxygen atoms in total. The van der Waals surface area contributed by atoms with E-state index in [1.807, 2.05) is 6.92 Å². The Morgan fingerprint density at radius 3 is 2.56 bits per heavy atom. The van der Waals surface area contributed by atoms with Gasteiger partial charge in [0.1, 0.15) is 0 Å². The van der Waals surface area contributed by atoms with Crippen molar-refractivity contribution in [1.82, 2.24) is 0 Å². The van der Waals surface area contributed by atoms with Crippen LogP contribution in [0.4, 0.5) is 5.69 Å². The molecule has 0 aliphatic heterocycles. The summed E-state index contributed by atoms with van der Waals surface area (Å²) >= 11 is 3.28. The number of hydrogen-bond acceptors (Lipinski definition) is 2. The van der Waals surface area contributed by atoms with Crippen molar-refractivity contribution in [3.63, 3.8) is 0 Å². The molecule has 0 fully saturated rings. The molecule has 0 aliphatic rings. The molecule has 0 aliphatic carbocycles. The predicted octanol–water partition coefficient (Wildman–Crippen LogP) is 2.98. The fraction of sp³-hybridized carbons (Fsp3) is 0.333. The van der Waals surface area contributed by atoms with E-state index in [2.05, 4.69) is 27.3 Å². The molecule has 0 radical (unpaired) electrons. The van der Waals surface area contributed by atoms with Crippen LogP contribution in [-0.4, -0.2) is 10.2 Å². The topological polar surface area (TPSA) is 52.9 Å². The minimum Gasteiger partial charge on any atom is -0.325 e. The SMILES string of the molecule is Cc1cc(NC(=O)C(C)(C)Br)ccc1C#N. The second-order valence-electron chi connectivity index (χ2n) is 4.07. The van der Waals surface area contributed by atoms with Crippen molar-refractivity contribution >= 4 is 27.5 Å². The first-order valence-corrected chi connectivity index (χ1v) is 5.65. The number of carbonyl (C=O) groups excluding carboxylic acids is 1. The average Bonchev–Trinajstić information content (AvgIpc) is 2.16. The normalized spacial score (nSPS) is 10.7. The van der Waals surface area contributed by atoms with Gasteiger partial charge in [-0.3, -0.25) is 4.79 Å². The van der Waals surface area contributed by atoms with Crippen molar-refractivity contribution in [1.29, 1.82) is 5.26 Å². The van der Waals surface area contributed by atoms with Gasteiger partial charge in [-0.2, -0.15) is 5.26 Å². The van der Waals surface area contributed by atoms with Gasteiger partial charge in [-0.1, -0.05) is 15.9 Å². The maximum Gasteiger partial charge on any atom is 0.240 e. The number of aryl methyl sites for hydroxylation is 1. The lowest BCUT2D eigenvalue weighted by Crippen LogP contribution is -2.30. The van der Waals surface area contributed by atoms with Crippen molar-refractivity contribution in [2.24, 2.45) is 0 Å². The van der Waals surface area contributed by atoms with Crippen molar-refractivity contribution < 1.29 is 4.79 Å². The Bertz CT molecular complexity index is 455. The summed E-state index contributed by atoms with van der Waals surface area (Å²) in [4.78, 5) is 11.7. The van der Waals surface area contributed by atoms with Crippen molar-refractivity contribution in [3.05, 3.63) is 29.3 Å². The highest BCUT2D eigenvalue weighted by Crippen LogP contribution is 2.20. The van der Waals surface area contributed by atoms with Gasteiger partial charge in [0.2, 0.25) is 5.91 Å². The van der Waals surface area contributed by atoms with E-state index in [9.17, 15) is 4.79 Å². The van der Waals surface area contributed by atoms with E-state index in [1.54, 1.807) is 32.0 Å². The van der Waals surface area contributed by atoms with E-state index in [4.69, 9.17) is 5.26 Å². The zero-order chi connectivity index (χ0) is 12.3. The third kappa shape index (κ3) is 3.07. The number of halogens is 1. The summed E-state index contributed by atoms with van der Waals surface area (Å²) in [5.74, 6) is -0.114. The zero-order valence-corrected chi connectivity index (χ0v) is 11.1. The van der Waals surface area contributed by atoms with Gasteiger partial charge in [-0.15, -0.1) is 0 Å². The van der Waals surface area contributed by atoms with Crippen LogP contribution in [0.2, 0.25) is 0 Å². The summed E-state index contributed by atoms with van der Waals surface area (Å²) in [5, 5.41) is 11.6. The monoisotopic (exact) mass is 280 g/mol. The number of anilines is 1. The number of nitrogens with zero attached hydrogens (tertiary/aromatic N) is 1. The maximum absolute atomic E-state index is 11.7. The predicted molar refractivity (Wildman–Crippen MR) is 67.5 cm³/mol. The highest BCUT2D eigenvalue weighted by atomic mass is 79.9. The van der Waals surface area contributed by atoms with Gasteiger partial charge >= 0.3 is 0 Å². The second kappa shape index (κ2) is 4.67. The minimum absolute atomic E-state index is 0.114. The van der Waals surface area contributed by atoms with Crippen LogP contribution in [0.15, 0.2) is 18.2 Å². The van der Waals surface area contributed by atoms with Crippen LogP contribution in [0.25, 0.3) is 0 Å². The van der Waals surface area contributed by atoms with Crippen molar-refractivity contribution in [3.8, 4) is 6.07 Å². The maximum atomic E-state index is 11.7. The fourth-order valence-corrected chi connectivity index (χ4v) is 1.25. The third-order valence-corrected chi connectivity index (χ3v) is 2.50. The number of nitriles is 1. The molecular formula is C12H13BrN2O. The van der Waals surface area contributed by atoms with Crippen LogP contribution in [-0.2, 0) is 4.79 Å². The largest absolute Gasteiger partial charge is 0.325 e. The van der Waals surface area contributed by atoms with Crippen molar-refractivity contribution in [2.75, 3.05) is 5.32 Å². The number of nitrogens with one attached hydrogen (secondary N) is 1. The van der Waals surface area contributed by atoms with E-state index >= 15 is 0 Å². The summed E-state index contributed by atoms with van der Waals surface area (Å²) in [6.07, 6.45) is 0. The summed E-state index contributed by atoms with van der Waals surface area (Å²) in [6, 6.07) is 7.30. The Morgan fingerprint density at radius 2 is 2.12 bits per heavy atom. The molecule has 0 saturated carbocycles. The number of rotatable bonds is 2. The zero-order valence-electron chi connectivity index (χ0n) is 9.47. The van der Waals surface area contributed by atoms with E-state index in [0.29, 0.717) is 11.3 Å². The van der Waals surface area contributed by atoms with Crippen LogP contribution >= 0.6 is 15.9 Å². The van der Waals surface area contributed by atoms with E-state index < -0.39 is 4.32 Å². The number of benzene rings is 1.